The number of halogens is 1. The van der Waals surface area contributed by atoms with Crippen LogP contribution >= 0.6 is 11.6 Å². The molecule has 0 radical (unpaired) electrons. The van der Waals surface area contributed by atoms with Crippen molar-refractivity contribution in [2.75, 3.05) is 12.5 Å². The number of alkyl halides is 1. The van der Waals surface area contributed by atoms with E-state index in [0.717, 1.165) is 24.4 Å². The van der Waals surface area contributed by atoms with E-state index in [1.165, 1.54) is 19.3 Å². The summed E-state index contributed by atoms with van der Waals surface area (Å²) in [5, 5.41) is 0. The van der Waals surface area contributed by atoms with Crippen molar-refractivity contribution in [2.24, 2.45) is 23.7 Å². The molecule has 4 unspecified atom stereocenters. The van der Waals surface area contributed by atoms with E-state index < -0.39 is 0 Å². The molecular weight excluding hydrogens is 220 g/mol. The molecule has 1 aliphatic rings. The summed E-state index contributed by atoms with van der Waals surface area (Å²) in [5.41, 5.74) is 0. The predicted molar refractivity (Wildman–Crippen MR) is 71.0 cm³/mol. The van der Waals surface area contributed by atoms with Gasteiger partial charge in [-0.25, -0.2) is 0 Å². The zero-order valence-electron chi connectivity index (χ0n) is 11.2. The molecule has 1 aliphatic carbocycles. The molecule has 1 saturated carbocycles. The predicted octanol–water partition coefficient (Wildman–Crippen LogP) is 4.34. The zero-order chi connectivity index (χ0) is 12.1. The minimum atomic E-state index is 0.467. The summed E-state index contributed by atoms with van der Waals surface area (Å²) in [6.45, 7) is 9.97. The number of ether oxygens (including phenoxy) is 1. The van der Waals surface area contributed by atoms with Gasteiger partial charge in [0.25, 0.3) is 0 Å². The molecule has 16 heavy (non-hydrogen) atoms. The van der Waals surface area contributed by atoms with Crippen LogP contribution in [0.25, 0.3) is 0 Å². The second-order valence-electron chi connectivity index (χ2n) is 5.96. The smallest absolute Gasteiger partial charge is 0.0608 e. The molecule has 4 atom stereocenters. The largest absolute Gasteiger partial charge is 0.378 e. The molecule has 2 heteroatoms. The Kier molecular flexibility index (Phi) is 6.13. The summed E-state index contributed by atoms with van der Waals surface area (Å²) in [4.78, 5) is 0. The van der Waals surface area contributed by atoms with Gasteiger partial charge in [-0.3, -0.25) is 0 Å². The molecule has 0 aromatic heterocycles. The molecule has 0 amide bonds. The minimum Gasteiger partial charge on any atom is -0.378 e. The van der Waals surface area contributed by atoms with Gasteiger partial charge in [0.15, 0.2) is 0 Å². The molecule has 0 aromatic rings. The second-order valence-corrected chi connectivity index (χ2v) is 6.27. The Morgan fingerprint density at radius 3 is 2.50 bits per heavy atom. The van der Waals surface area contributed by atoms with Gasteiger partial charge < -0.3 is 4.74 Å². The van der Waals surface area contributed by atoms with Crippen molar-refractivity contribution in [1.29, 1.82) is 0 Å². The fourth-order valence-corrected chi connectivity index (χ4v) is 2.73. The Labute approximate surface area is 106 Å². The van der Waals surface area contributed by atoms with Crippen molar-refractivity contribution >= 4 is 11.6 Å². The van der Waals surface area contributed by atoms with Crippen LogP contribution in [0.5, 0.6) is 0 Å². The van der Waals surface area contributed by atoms with Crippen LogP contribution in [0, 0.1) is 23.7 Å². The van der Waals surface area contributed by atoms with Gasteiger partial charge in [0.1, 0.15) is 0 Å². The lowest BCUT2D eigenvalue weighted by molar-refractivity contribution is -0.0473. The highest BCUT2D eigenvalue weighted by Crippen LogP contribution is 2.35. The summed E-state index contributed by atoms with van der Waals surface area (Å²) >= 11 is 5.82. The van der Waals surface area contributed by atoms with E-state index in [1.807, 2.05) is 0 Å². The Morgan fingerprint density at radius 2 is 1.94 bits per heavy atom. The molecule has 0 saturated heterocycles. The lowest BCUT2D eigenvalue weighted by atomic mass is 9.75. The molecule has 0 bridgehead atoms. The van der Waals surface area contributed by atoms with Crippen molar-refractivity contribution in [3.05, 3.63) is 0 Å². The third-order valence-electron chi connectivity index (χ3n) is 3.82. The third kappa shape index (κ3) is 4.25. The fraction of sp³-hybridized carbons (Fsp3) is 1.00. The molecule has 1 nitrogen and oxygen atoms in total. The molecule has 0 N–H and O–H groups in total. The van der Waals surface area contributed by atoms with Crippen molar-refractivity contribution in [1.82, 2.24) is 0 Å². The highest BCUT2D eigenvalue weighted by atomic mass is 35.5. The number of rotatable bonds is 5. The van der Waals surface area contributed by atoms with E-state index in [0.29, 0.717) is 17.9 Å². The summed E-state index contributed by atoms with van der Waals surface area (Å²) in [6, 6.07) is 0. The van der Waals surface area contributed by atoms with Gasteiger partial charge in [-0.1, -0.05) is 34.1 Å². The van der Waals surface area contributed by atoms with Crippen molar-refractivity contribution in [3.8, 4) is 0 Å². The van der Waals surface area contributed by atoms with Crippen molar-refractivity contribution < 1.29 is 4.74 Å². The fourth-order valence-electron chi connectivity index (χ4n) is 2.64. The van der Waals surface area contributed by atoms with E-state index in [1.54, 1.807) is 0 Å². The molecule has 0 spiro atoms. The lowest BCUT2D eigenvalue weighted by Crippen LogP contribution is -2.35. The Hall–Kier alpha value is 0.250. The van der Waals surface area contributed by atoms with Gasteiger partial charge in [0.05, 0.1) is 12.7 Å². The first kappa shape index (κ1) is 14.3. The van der Waals surface area contributed by atoms with Crippen molar-refractivity contribution in [3.63, 3.8) is 0 Å². The summed E-state index contributed by atoms with van der Waals surface area (Å²) < 4.78 is 6.10. The highest BCUT2D eigenvalue weighted by molar-refractivity contribution is 6.18. The maximum absolute atomic E-state index is 6.10. The maximum atomic E-state index is 6.10. The third-order valence-corrected chi connectivity index (χ3v) is 4.35. The Bertz CT molecular complexity index is 193. The first-order valence-corrected chi connectivity index (χ1v) is 7.25. The van der Waals surface area contributed by atoms with Gasteiger partial charge >= 0.3 is 0 Å². The first-order valence-electron chi connectivity index (χ1n) is 6.72. The first-order chi connectivity index (χ1) is 7.54. The van der Waals surface area contributed by atoms with Crippen LogP contribution in [0.2, 0.25) is 0 Å². The highest BCUT2D eigenvalue weighted by Gasteiger charge is 2.31. The topological polar surface area (TPSA) is 9.23 Å². The SMILES string of the molecule is CC(CCl)COC1CC(C)CCC1C(C)C. The molecule has 1 rings (SSSR count). The Balaban J connectivity index is 2.44. The van der Waals surface area contributed by atoms with Crippen molar-refractivity contribution in [2.45, 2.75) is 53.1 Å². The summed E-state index contributed by atoms with van der Waals surface area (Å²) in [6.07, 6.45) is 4.40. The molecule has 0 heterocycles. The minimum absolute atomic E-state index is 0.467. The van der Waals surface area contributed by atoms with E-state index in [-0.39, 0.29) is 0 Å². The standard InChI is InChI=1S/C14H27ClO/c1-10(2)13-6-5-11(3)7-14(13)16-9-12(4)8-15/h10-14H,5-9H2,1-4H3. The van der Waals surface area contributed by atoms with E-state index in [9.17, 15) is 0 Å². The van der Waals surface area contributed by atoms with Crippen LogP contribution in [0.3, 0.4) is 0 Å². The molecule has 0 aromatic carbocycles. The normalized spacial score (nSPS) is 33.0. The second kappa shape index (κ2) is 6.86. The van der Waals surface area contributed by atoms with Crippen LogP contribution in [-0.4, -0.2) is 18.6 Å². The monoisotopic (exact) mass is 246 g/mol. The molecule has 96 valence electrons. The molecule has 1 fully saturated rings. The number of hydrogen-bond donors (Lipinski definition) is 0. The van der Waals surface area contributed by atoms with E-state index in [2.05, 4.69) is 27.7 Å². The molecular formula is C14H27ClO. The Morgan fingerprint density at radius 1 is 1.25 bits per heavy atom. The lowest BCUT2D eigenvalue weighted by Gasteiger charge is -2.37. The van der Waals surface area contributed by atoms with Gasteiger partial charge in [-0.05, 0) is 36.5 Å². The van der Waals surface area contributed by atoms with Crippen LogP contribution in [0.15, 0.2) is 0 Å². The average Bonchev–Trinajstić information content (AvgIpc) is 2.25. The quantitative estimate of drug-likeness (QED) is 0.656. The van der Waals surface area contributed by atoms with Gasteiger partial charge in [-0.2, -0.15) is 0 Å². The van der Waals surface area contributed by atoms with Crippen LogP contribution in [0.4, 0.5) is 0 Å². The van der Waals surface area contributed by atoms with Crippen LogP contribution in [0.1, 0.15) is 47.0 Å². The van der Waals surface area contributed by atoms with Gasteiger partial charge in [0.2, 0.25) is 0 Å². The number of hydrogen-bond acceptors (Lipinski definition) is 1. The van der Waals surface area contributed by atoms with Gasteiger partial charge in [-0.15, -0.1) is 11.6 Å². The van der Waals surface area contributed by atoms with Crippen LogP contribution in [-0.2, 0) is 4.74 Å². The average molecular weight is 247 g/mol. The summed E-state index contributed by atoms with van der Waals surface area (Å²) in [7, 11) is 0. The maximum Gasteiger partial charge on any atom is 0.0608 e. The van der Waals surface area contributed by atoms with Crippen LogP contribution < -0.4 is 0 Å². The van der Waals surface area contributed by atoms with E-state index in [4.69, 9.17) is 16.3 Å². The zero-order valence-corrected chi connectivity index (χ0v) is 12.0. The molecule has 0 aliphatic heterocycles. The summed E-state index contributed by atoms with van der Waals surface area (Å²) in [5.74, 6) is 3.50. The van der Waals surface area contributed by atoms with Gasteiger partial charge in [0, 0.05) is 5.88 Å². The van der Waals surface area contributed by atoms with E-state index >= 15 is 0 Å².